The minimum atomic E-state index is -4.32. The van der Waals surface area contributed by atoms with E-state index in [1.54, 1.807) is 24.3 Å². The van der Waals surface area contributed by atoms with Crippen LogP contribution in [0.2, 0.25) is 10.0 Å². The molecule has 1 fully saturated rings. The molecule has 168 valence electrons. The maximum absolute atomic E-state index is 14.0. The standard InChI is InChI=1S/C23H15Cl2FN2O4S/c24-18-9-8-16(11-19(18)25)28-21(29)13-33(31,32)23(28)17-6-1-2-7-20(17)27(22(23)30)12-14-4-3-5-15(26)10-14/h1-11H,12-13H2. The number of hydrogen-bond acceptors (Lipinski definition) is 4. The number of para-hydroxylation sites is 1. The van der Waals surface area contributed by atoms with E-state index in [0.717, 1.165) is 4.90 Å². The number of carbonyl (C=O) groups excluding carboxylic acids is 2. The summed E-state index contributed by atoms with van der Waals surface area (Å²) in [5.74, 6) is -2.90. The highest BCUT2D eigenvalue weighted by Crippen LogP contribution is 2.53. The van der Waals surface area contributed by atoms with E-state index >= 15 is 0 Å². The van der Waals surface area contributed by atoms with Crippen molar-refractivity contribution in [1.82, 2.24) is 0 Å². The molecular formula is C23H15Cl2FN2O4S. The van der Waals surface area contributed by atoms with Gasteiger partial charge >= 0.3 is 0 Å². The first kappa shape index (κ1) is 21.9. The largest absolute Gasteiger partial charge is 0.304 e. The molecule has 10 heteroatoms. The van der Waals surface area contributed by atoms with Crippen LogP contribution in [-0.2, 0) is 30.8 Å². The average molecular weight is 505 g/mol. The van der Waals surface area contributed by atoms with Crippen LogP contribution >= 0.6 is 23.2 Å². The van der Waals surface area contributed by atoms with E-state index in [2.05, 4.69) is 0 Å². The molecule has 1 unspecified atom stereocenters. The Morgan fingerprint density at radius 2 is 1.70 bits per heavy atom. The van der Waals surface area contributed by atoms with E-state index in [4.69, 9.17) is 23.2 Å². The number of rotatable bonds is 3. The lowest BCUT2D eigenvalue weighted by molar-refractivity contribution is -0.123. The van der Waals surface area contributed by atoms with E-state index in [9.17, 15) is 22.4 Å². The van der Waals surface area contributed by atoms with E-state index in [0.29, 0.717) is 11.3 Å². The monoisotopic (exact) mass is 504 g/mol. The van der Waals surface area contributed by atoms with Crippen LogP contribution in [0.4, 0.5) is 15.8 Å². The van der Waals surface area contributed by atoms with Gasteiger partial charge in [0.2, 0.25) is 5.91 Å². The van der Waals surface area contributed by atoms with Crippen LogP contribution in [-0.4, -0.2) is 26.0 Å². The summed E-state index contributed by atoms with van der Waals surface area (Å²) in [6.07, 6.45) is 0. The first-order chi connectivity index (χ1) is 15.7. The molecule has 6 nitrogen and oxygen atoms in total. The summed E-state index contributed by atoms with van der Waals surface area (Å²) in [6, 6.07) is 16.3. The molecule has 3 aromatic carbocycles. The molecule has 5 rings (SSSR count). The summed E-state index contributed by atoms with van der Waals surface area (Å²) in [5, 5.41) is 0.326. The Bertz CT molecular complexity index is 1450. The van der Waals surface area contributed by atoms with Crippen molar-refractivity contribution < 1.29 is 22.4 Å². The molecule has 0 aromatic heterocycles. The number of amides is 2. The van der Waals surface area contributed by atoms with Gasteiger partial charge in [0.05, 0.1) is 22.3 Å². The summed E-state index contributed by atoms with van der Waals surface area (Å²) in [4.78, 5) is 27.0. The van der Waals surface area contributed by atoms with Crippen LogP contribution in [0.25, 0.3) is 0 Å². The van der Waals surface area contributed by atoms with Crippen LogP contribution < -0.4 is 9.80 Å². The lowest BCUT2D eigenvalue weighted by Crippen LogP contribution is -2.54. The van der Waals surface area contributed by atoms with Crippen molar-refractivity contribution in [3.8, 4) is 0 Å². The molecule has 0 saturated carbocycles. The predicted molar refractivity (Wildman–Crippen MR) is 123 cm³/mol. The van der Waals surface area contributed by atoms with Crippen LogP contribution in [0.3, 0.4) is 0 Å². The molecule has 2 aliphatic heterocycles. The smallest absolute Gasteiger partial charge is 0.274 e. The fourth-order valence-electron chi connectivity index (χ4n) is 4.49. The third kappa shape index (κ3) is 3.08. The second kappa shape index (κ2) is 7.55. The zero-order chi connectivity index (χ0) is 23.5. The highest BCUT2D eigenvalue weighted by atomic mass is 35.5. The zero-order valence-corrected chi connectivity index (χ0v) is 19.2. The summed E-state index contributed by atoms with van der Waals surface area (Å²) in [7, 11) is -4.32. The van der Waals surface area contributed by atoms with Crippen LogP contribution in [0, 0.1) is 5.82 Å². The molecule has 0 radical (unpaired) electrons. The maximum Gasteiger partial charge on any atom is 0.274 e. The Balaban J connectivity index is 1.74. The number of hydrogen-bond donors (Lipinski definition) is 0. The van der Waals surface area contributed by atoms with Gasteiger partial charge in [0.15, 0.2) is 9.84 Å². The van der Waals surface area contributed by atoms with Gasteiger partial charge in [-0.1, -0.05) is 53.5 Å². The van der Waals surface area contributed by atoms with Gasteiger partial charge in [-0.3, -0.25) is 14.5 Å². The Labute approximate surface area is 199 Å². The van der Waals surface area contributed by atoms with Crippen molar-refractivity contribution in [3.05, 3.63) is 93.7 Å². The Kier molecular flexibility index (Phi) is 5.00. The second-order valence-corrected chi connectivity index (χ2v) is 10.7. The van der Waals surface area contributed by atoms with E-state index in [-0.39, 0.29) is 27.8 Å². The minimum absolute atomic E-state index is 0.0751. The first-order valence-electron chi connectivity index (χ1n) is 9.83. The van der Waals surface area contributed by atoms with Crippen molar-refractivity contribution in [2.24, 2.45) is 0 Å². The first-order valence-corrected chi connectivity index (χ1v) is 12.2. The number of anilines is 2. The van der Waals surface area contributed by atoms with Crippen molar-refractivity contribution in [2.75, 3.05) is 15.6 Å². The van der Waals surface area contributed by atoms with Gasteiger partial charge < -0.3 is 4.90 Å². The van der Waals surface area contributed by atoms with Crippen LogP contribution in [0.15, 0.2) is 66.7 Å². The fraction of sp³-hybridized carbons (Fsp3) is 0.130. The van der Waals surface area contributed by atoms with Gasteiger partial charge in [0.25, 0.3) is 10.8 Å². The molecule has 2 aliphatic rings. The summed E-state index contributed by atoms with van der Waals surface area (Å²) < 4.78 is 40.8. The minimum Gasteiger partial charge on any atom is -0.304 e. The average Bonchev–Trinajstić information content (AvgIpc) is 3.13. The molecule has 0 aliphatic carbocycles. The molecular weight excluding hydrogens is 490 g/mol. The second-order valence-electron chi connectivity index (χ2n) is 7.77. The Morgan fingerprint density at radius 3 is 2.42 bits per heavy atom. The molecule has 2 heterocycles. The summed E-state index contributed by atoms with van der Waals surface area (Å²) in [5.41, 5.74) is 1.09. The zero-order valence-electron chi connectivity index (χ0n) is 16.8. The van der Waals surface area contributed by atoms with Crippen molar-refractivity contribution in [2.45, 2.75) is 11.4 Å². The predicted octanol–water partition coefficient (Wildman–Crippen LogP) is 4.29. The maximum atomic E-state index is 14.0. The molecule has 0 bridgehead atoms. The number of carbonyl (C=O) groups is 2. The van der Waals surface area contributed by atoms with Gasteiger partial charge in [0, 0.05) is 11.3 Å². The van der Waals surface area contributed by atoms with Gasteiger partial charge in [-0.2, -0.15) is 0 Å². The topological polar surface area (TPSA) is 74.8 Å². The highest BCUT2D eigenvalue weighted by Gasteiger charge is 2.69. The quantitative estimate of drug-likeness (QED) is 0.533. The molecule has 1 atom stereocenters. The number of sulfone groups is 1. The van der Waals surface area contributed by atoms with Crippen molar-refractivity contribution in [3.63, 3.8) is 0 Å². The molecule has 1 spiro atoms. The highest BCUT2D eigenvalue weighted by molar-refractivity contribution is 7.94. The molecule has 1 saturated heterocycles. The normalized spacial score (nSPS) is 21.2. The Morgan fingerprint density at radius 1 is 0.939 bits per heavy atom. The van der Waals surface area contributed by atoms with Gasteiger partial charge in [-0.15, -0.1) is 0 Å². The van der Waals surface area contributed by atoms with E-state index in [1.165, 1.54) is 47.4 Å². The molecule has 0 N–H and O–H groups in total. The summed E-state index contributed by atoms with van der Waals surface area (Å²) in [6.45, 7) is -0.0751. The van der Waals surface area contributed by atoms with Crippen molar-refractivity contribution in [1.29, 1.82) is 0 Å². The number of fused-ring (bicyclic) bond motifs is 2. The van der Waals surface area contributed by atoms with Gasteiger partial charge in [-0.05, 0) is 42.0 Å². The van der Waals surface area contributed by atoms with E-state index < -0.39 is 38.1 Å². The van der Waals surface area contributed by atoms with Crippen LogP contribution in [0.1, 0.15) is 11.1 Å². The van der Waals surface area contributed by atoms with Crippen molar-refractivity contribution >= 4 is 56.2 Å². The number of nitrogens with zero attached hydrogens (tertiary/aromatic N) is 2. The molecule has 3 aromatic rings. The number of halogens is 3. The lowest BCUT2D eigenvalue weighted by Gasteiger charge is -2.32. The Hall–Kier alpha value is -2.94. The SMILES string of the molecule is O=C1CS(=O)(=O)C2(C(=O)N(Cc3cccc(F)c3)c3ccccc32)N1c1ccc(Cl)c(Cl)c1. The lowest BCUT2D eigenvalue weighted by atomic mass is 10.0. The fourth-order valence-corrected chi connectivity index (χ4v) is 6.82. The van der Waals surface area contributed by atoms with E-state index in [1.807, 2.05) is 0 Å². The van der Waals surface area contributed by atoms with Crippen LogP contribution in [0.5, 0.6) is 0 Å². The third-order valence-electron chi connectivity index (χ3n) is 5.81. The molecule has 2 amide bonds. The summed E-state index contributed by atoms with van der Waals surface area (Å²) >= 11 is 12.2. The number of benzene rings is 3. The van der Waals surface area contributed by atoms with Gasteiger partial charge in [0.1, 0.15) is 11.6 Å². The third-order valence-corrected chi connectivity index (χ3v) is 8.66. The molecule has 33 heavy (non-hydrogen) atoms. The van der Waals surface area contributed by atoms with Gasteiger partial charge in [-0.25, -0.2) is 12.8 Å².